The molecule has 0 bridgehead atoms. The van der Waals surface area contributed by atoms with E-state index in [1.165, 1.54) is 24.8 Å². The molecule has 1 aliphatic carbocycles. The Hall–Kier alpha value is -2.62. The van der Waals surface area contributed by atoms with E-state index in [1.807, 2.05) is 68.4 Å². The van der Waals surface area contributed by atoms with E-state index in [2.05, 4.69) is 5.32 Å². The summed E-state index contributed by atoms with van der Waals surface area (Å²) in [6.45, 7) is 4.32. The molecule has 1 N–H and O–H groups in total. The van der Waals surface area contributed by atoms with E-state index in [-0.39, 0.29) is 17.9 Å². The summed E-state index contributed by atoms with van der Waals surface area (Å²) < 4.78 is 0. The van der Waals surface area contributed by atoms with Crippen molar-refractivity contribution in [1.29, 1.82) is 0 Å². The average molecular weight is 393 g/mol. The van der Waals surface area contributed by atoms with Crippen molar-refractivity contribution in [3.8, 4) is 0 Å². The summed E-state index contributed by atoms with van der Waals surface area (Å²) in [5.41, 5.74) is 3.18. The molecule has 0 saturated heterocycles. The van der Waals surface area contributed by atoms with Crippen LogP contribution in [0.15, 0.2) is 54.6 Å². The van der Waals surface area contributed by atoms with Crippen LogP contribution < -0.4 is 5.32 Å². The van der Waals surface area contributed by atoms with E-state index in [9.17, 15) is 9.59 Å². The number of benzene rings is 2. The summed E-state index contributed by atoms with van der Waals surface area (Å²) in [5.74, 6) is -0.0755. The first kappa shape index (κ1) is 21.1. The third kappa shape index (κ3) is 6.18. The van der Waals surface area contributed by atoms with Crippen LogP contribution in [0.25, 0.3) is 0 Å². The van der Waals surface area contributed by atoms with Gasteiger partial charge in [0.15, 0.2) is 0 Å². The largest absolute Gasteiger partial charge is 0.352 e. The third-order valence-electron chi connectivity index (χ3n) is 5.79. The Morgan fingerprint density at radius 1 is 0.966 bits per heavy atom. The Morgan fingerprint density at radius 3 is 2.28 bits per heavy atom. The maximum atomic E-state index is 13.2. The summed E-state index contributed by atoms with van der Waals surface area (Å²) in [7, 11) is 0. The number of aryl methyl sites for hydroxylation is 1. The van der Waals surface area contributed by atoms with Gasteiger partial charge in [-0.2, -0.15) is 0 Å². The summed E-state index contributed by atoms with van der Waals surface area (Å²) in [6, 6.07) is 17.6. The van der Waals surface area contributed by atoms with Gasteiger partial charge in [0.25, 0.3) is 0 Å². The molecule has 1 fully saturated rings. The lowest BCUT2D eigenvalue weighted by Gasteiger charge is -2.31. The van der Waals surface area contributed by atoms with Gasteiger partial charge in [0.2, 0.25) is 11.8 Å². The van der Waals surface area contributed by atoms with Crippen molar-refractivity contribution in [2.45, 2.75) is 71.0 Å². The minimum atomic E-state index is -0.505. The van der Waals surface area contributed by atoms with Gasteiger partial charge >= 0.3 is 0 Å². The maximum Gasteiger partial charge on any atom is 0.242 e. The molecule has 0 aromatic heterocycles. The average Bonchev–Trinajstić information content (AvgIpc) is 2.74. The molecule has 2 amide bonds. The predicted molar refractivity (Wildman–Crippen MR) is 116 cm³/mol. The van der Waals surface area contributed by atoms with Gasteiger partial charge in [-0.15, -0.1) is 0 Å². The quantitative estimate of drug-likeness (QED) is 0.759. The van der Waals surface area contributed by atoms with Crippen LogP contribution in [0.2, 0.25) is 0 Å². The van der Waals surface area contributed by atoms with Crippen LogP contribution in [-0.2, 0) is 22.6 Å². The highest BCUT2D eigenvalue weighted by atomic mass is 16.2. The van der Waals surface area contributed by atoms with E-state index in [1.54, 1.807) is 4.90 Å². The molecule has 154 valence electrons. The molecule has 3 rings (SSSR count). The molecule has 1 saturated carbocycles. The summed E-state index contributed by atoms with van der Waals surface area (Å²) >= 11 is 0. The Bertz CT molecular complexity index is 795. The molecule has 2 aromatic carbocycles. The first-order valence-electron chi connectivity index (χ1n) is 10.7. The van der Waals surface area contributed by atoms with Crippen LogP contribution in [0.1, 0.15) is 55.7 Å². The number of hydrogen-bond acceptors (Lipinski definition) is 2. The minimum absolute atomic E-state index is 0.0249. The van der Waals surface area contributed by atoms with Crippen LogP contribution in [0, 0.1) is 6.92 Å². The van der Waals surface area contributed by atoms with Crippen LogP contribution >= 0.6 is 0 Å². The first-order chi connectivity index (χ1) is 14.0. The van der Waals surface area contributed by atoms with Crippen molar-refractivity contribution < 1.29 is 9.59 Å². The smallest absolute Gasteiger partial charge is 0.242 e. The number of amides is 2. The van der Waals surface area contributed by atoms with E-state index in [0.717, 1.165) is 24.0 Å². The minimum Gasteiger partial charge on any atom is -0.352 e. The second-order valence-corrected chi connectivity index (χ2v) is 8.19. The van der Waals surface area contributed by atoms with Gasteiger partial charge in [-0.3, -0.25) is 9.59 Å². The van der Waals surface area contributed by atoms with Gasteiger partial charge in [-0.25, -0.2) is 0 Å². The second-order valence-electron chi connectivity index (χ2n) is 8.19. The fourth-order valence-corrected chi connectivity index (χ4v) is 3.91. The summed E-state index contributed by atoms with van der Waals surface area (Å²) in [6.07, 6.45) is 5.95. The molecular formula is C25H32N2O2. The second kappa shape index (κ2) is 10.2. The zero-order valence-electron chi connectivity index (χ0n) is 17.6. The van der Waals surface area contributed by atoms with Gasteiger partial charge < -0.3 is 10.2 Å². The molecule has 0 aliphatic heterocycles. The summed E-state index contributed by atoms with van der Waals surface area (Å²) in [4.78, 5) is 27.8. The van der Waals surface area contributed by atoms with E-state index < -0.39 is 6.04 Å². The normalized spacial score (nSPS) is 15.5. The lowest BCUT2D eigenvalue weighted by Crippen LogP contribution is -2.50. The van der Waals surface area contributed by atoms with Crippen molar-refractivity contribution in [3.63, 3.8) is 0 Å². The standard InChI is InChI=1S/C25H32N2O2/c1-19-13-15-22(16-14-19)18-27(24(28)17-21-9-5-3-6-10-21)20(2)25(29)26-23-11-7-4-8-12-23/h3,5-6,9-10,13-16,20,23H,4,7-8,11-12,17-18H2,1-2H3,(H,26,29)/t20-/m0/s1. The van der Waals surface area contributed by atoms with E-state index in [4.69, 9.17) is 0 Å². The van der Waals surface area contributed by atoms with Gasteiger partial charge in [-0.1, -0.05) is 79.4 Å². The molecule has 0 heterocycles. The van der Waals surface area contributed by atoms with Gasteiger partial charge in [0, 0.05) is 12.6 Å². The van der Waals surface area contributed by atoms with Crippen molar-refractivity contribution in [1.82, 2.24) is 10.2 Å². The topological polar surface area (TPSA) is 49.4 Å². The fraction of sp³-hybridized carbons (Fsp3) is 0.440. The molecule has 1 atom stereocenters. The SMILES string of the molecule is Cc1ccc(CN(C(=O)Cc2ccccc2)[C@@H](C)C(=O)NC2CCCCC2)cc1. The zero-order chi connectivity index (χ0) is 20.6. The van der Waals surface area contributed by atoms with Crippen LogP contribution in [0.3, 0.4) is 0 Å². The number of nitrogens with zero attached hydrogens (tertiary/aromatic N) is 1. The molecule has 0 unspecified atom stereocenters. The Kier molecular flexibility index (Phi) is 7.45. The molecule has 4 nitrogen and oxygen atoms in total. The number of carbonyl (C=O) groups excluding carboxylic acids is 2. The predicted octanol–water partition coefficient (Wildman–Crippen LogP) is 4.40. The molecular weight excluding hydrogens is 360 g/mol. The van der Waals surface area contributed by atoms with Crippen LogP contribution in [-0.4, -0.2) is 28.8 Å². The molecule has 29 heavy (non-hydrogen) atoms. The van der Waals surface area contributed by atoms with Crippen molar-refractivity contribution in [3.05, 3.63) is 71.3 Å². The highest BCUT2D eigenvalue weighted by Crippen LogP contribution is 2.18. The van der Waals surface area contributed by atoms with Crippen molar-refractivity contribution in [2.24, 2.45) is 0 Å². The monoisotopic (exact) mass is 392 g/mol. The van der Waals surface area contributed by atoms with Crippen LogP contribution in [0.4, 0.5) is 0 Å². The molecule has 2 aromatic rings. The summed E-state index contributed by atoms with van der Waals surface area (Å²) in [5, 5.41) is 3.18. The fourth-order valence-electron chi connectivity index (χ4n) is 3.91. The molecule has 4 heteroatoms. The lowest BCUT2D eigenvalue weighted by molar-refractivity contribution is -0.140. The van der Waals surface area contributed by atoms with E-state index >= 15 is 0 Å². The van der Waals surface area contributed by atoms with Gasteiger partial charge in [-0.05, 0) is 37.8 Å². The highest BCUT2D eigenvalue weighted by Gasteiger charge is 2.28. The Morgan fingerprint density at radius 2 is 1.62 bits per heavy atom. The number of nitrogens with one attached hydrogen (secondary N) is 1. The number of rotatable bonds is 7. The maximum absolute atomic E-state index is 13.2. The zero-order valence-corrected chi connectivity index (χ0v) is 17.6. The van der Waals surface area contributed by atoms with Crippen LogP contribution in [0.5, 0.6) is 0 Å². The third-order valence-corrected chi connectivity index (χ3v) is 5.79. The molecule has 0 radical (unpaired) electrons. The first-order valence-corrected chi connectivity index (χ1v) is 10.7. The molecule has 0 spiro atoms. The molecule has 1 aliphatic rings. The van der Waals surface area contributed by atoms with Crippen molar-refractivity contribution in [2.75, 3.05) is 0 Å². The highest BCUT2D eigenvalue weighted by molar-refractivity contribution is 5.88. The lowest BCUT2D eigenvalue weighted by atomic mass is 9.95. The van der Waals surface area contributed by atoms with Crippen molar-refractivity contribution >= 4 is 11.8 Å². The Balaban J connectivity index is 1.73. The van der Waals surface area contributed by atoms with E-state index in [0.29, 0.717) is 13.0 Å². The van der Waals surface area contributed by atoms with Gasteiger partial charge in [0.1, 0.15) is 6.04 Å². The Labute approximate surface area is 174 Å². The number of hydrogen-bond donors (Lipinski definition) is 1. The van der Waals surface area contributed by atoms with Gasteiger partial charge in [0.05, 0.1) is 6.42 Å². The number of carbonyl (C=O) groups is 2.